The number of benzene rings is 1. The number of carbonyl (C=O) groups excluding carboxylic acids is 1. The minimum absolute atomic E-state index is 0.233. The molecule has 1 aromatic carbocycles. The molecule has 0 aliphatic carbocycles. The van der Waals surface area contributed by atoms with Crippen LogP contribution in [-0.4, -0.2) is 36.7 Å². The zero-order valence-corrected chi connectivity index (χ0v) is 11.8. The Balaban J connectivity index is 1.65. The van der Waals surface area contributed by atoms with E-state index < -0.39 is 6.04 Å². The van der Waals surface area contributed by atoms with Crippen LogP contribution in [0.25, 0.3) is 0 Å². The molecule has 0 amide bonds. The maximum absolute atomic E-state index is 11.1. The molecule has 2 rings (SSSR count). The summed E-state index contributed by atoms with van der Waals surface area (Å²) in [6, 6.07) is 7.62. The number of esters is 1. The van der Waals surface area contributed by atoms with Gasteiger partial charge in [-0.2, -0.15) is 11.8 Å². The summed E-state index contributed by atoms with van der Waals surface area (Å²) in [5, 5.41) is 0. The van der Waals surface area contributed by atoms with Crippen LogP contribution in [0, 0.1) is 0 Å². The van der Waals surface area contributed by atoms with E-state index in [9.17, 15) is 4.79 Å². The van der Waals surface area contributed by atoms with Crippen molar-refractivity contribution in [2.75, 3.05) is 18.6 Å². The predicted octanol–water partition coefficient (Wildman–Crippen LogP) is 1.61. The summed E-state index contributed by atoms with van der Waals surface area (Å²) in [4.78, 5) is 11.1. The first-order valence-electron chi connectivity index (χ1n) is 6.36. The Bertz CT molecular complexity index is 413. The van der Waals surface area contributed by atoms with E-state index in [1.165, 1.54) is 12.7 Å². The summed E-state index contributed by atoms with van der Waals surface area (Å²) in [6.45, 7) is 0. The molecule has 1 aliphatic heterocycles. The molecule has 0 saturated heterocycles. The maximum atomic E-state index is 11.1. The van der Waals surface area contributed by atoms with Gasteiger partial charge in [0.25, 0.3) is 0 Å². The van der Waals surface area contributed by atoms with Gasteiger partial charge in [-0.25, -0.2) is 0 Å². The second kappa shape index (κ2) is 6.82. The Hall–Kier alpha value is -1.20. The molecule has 0 radical (unpaired) electrons. The first-order valence-corrected chi connectivity index (χ1v) is 7.52. The molecule has 1 heterocycles. The standard InChI is InChI=1S/C14H19NO3S/c1-17-14(16)12(15)6-7-19-9-11-8-10-4-2-3-5-13(10)18-11/h2-5,11-12H,6-9,15H2,1H3. The van der Waals surface area contributed by atoms with Gasteiger partial charge in [0.1, 0.15) is 17.9 Å². The summed E-state index contributed by atoms with van der Waals surface area (Å²) in [5.41, 5.74) is 6.95. The lowest BCUT2D eigenvalue weighted by Crippen LogP contribution is -2.32. The minimum Gasteiger partial charge on any atom is -0.489 e. The number of para-hydroxylation sites is 1. The highest BCUT2D eigenvalue weighted by Gasteiger charge is 2.22. The predicted molar refractivity (Wildman–Crippen MR) is 76.5 cm³/mol. The molecule has 0 spiro atoms. The number of hydrogen-bond acceptors (Lipinski definition) is 5. The molecule has 2 atom stereocenters. The van der Waals surface area contributed by atoms with Crippen molar-refractivity contribution in [2.24, 2.45) is 5.73 Å². The summed E-state index contributed by atoms with van der Waals surface area (Å²) in [6.07, 6.45) is 1.83. The van der Waals surface area contributed by atoms with Crippen LogP contribution in [-0.2, 0) is 16.0 Å². The summed E-state index contributed by atoms with van der Waals surface area (Å²) < 4.78 is 10.4. The summed E-state index contributed by atoms with van der Waals surface area (Å²) in [7, 11) is 1.36. The van der Waals surface area contributed by atoms with Crippen LogP contribution in [0.3, 0.4) is 0 Å². The van der Waals surface area contributed by atoms with Gasteiger partial charge in [-0.1, -0.05) is 18.2 Å². The molecular weight excluding hydrogens is 262 g/mol. The summed E-state index contributed by atoms with van der Waals surface area (Å²) in [5.74, 6) is 2.42. The average Bonchev–Trinajstić information content (AvgIpc) is 2.85. The zero-order chi connectivity index (χ0) is 13.7. The molecule has 4 nitrogen and oxygen atoms in total. The number of fused-ring (bicyclic) bond motifs is 1. The number of hydrogen-bond donors (Lipinski definition) is 1. The van der Waals surface area contributed by atoms with Crippen LogP contribution in [0.1, 0.15) is 12.0 Å². The summed E-state index contributed by atoms with van der Waals surface area (Å²) >= 11 is 1.76. The normalized spacial score (nSPS) is 18.5. The highest BCUT2D eigenvalue weighted by atomic mass is 32.2. The fourth-order valence-electron chi connectivity index (χ4n) is 2.04. The van der Waals surface area contributed by atoms with Crippen LogP contribution >= 0.6 is 11.8 Å². The lowest BCUT2D eigenvalue weighted by molar-refractivity contribution is -0.142. The lowest BCUT2D eigenvalue weighted by Gasteiger charge is -2.11. The Kier molecular flexibility index (Phi) is 5.10. The number of thioether (sulfide) groups is 1. The van der Waals surface area contributed by atoms with Crippen molar-refractivity contribution in [2.45, 2.75) is 25.0 Å². The van der Waals surface area contributed by atoms with Gasteiger partial charge in [-0.3, -0.25) is 4.79 Å². The van der Waals surface area contributed by atoms with Crippen molar-refractivity contribution in [3.8, 4) is 5.75 Å². The molecule has 19 heavy (non-hydrogen) atoms. The van der Waals surface area contributed by atoms with Crippen molar-refractivity contribution in [1.29, 1.82) is 0 Å². The van der Waals surface area contributed by atoms with Crippen molar-refractivity contribution in [3.63, 3.8) is 0 Å². The third kappa shape index (κ3) is 3.88. The SMILES string of the molecule is COC(=O)C(N)CCSCC1Cc2ccccc2O1. The van der Waals surface area contributed by atoms with Crippen molar-refractivity contribution in [1.82, 2.24) is 0 Å². The van der Waals surface area contributed by atoms with Crippen LogP contribution in [0.2, 0.25) is 0 Å². The van der Waals surface area contributed by atoms with E-state index in [4.69, 9.17) is 10.5 Å². The van der Waals surface area contributed by atoms with E-state index in [-0.39, 0.29) is 12.1 Å². The highest BCUT2D eigenvalue weighted by molar-refractivity contribution is 7.99. The molecular formula is C14H19NO3S. The minimum atomic E-state index is -0.515. The Morgan fingerprint density at radius 1 is 1.58 bits per heavy atom. The van der Waals surface area contributed by atoms with E-state index in [2.05, 4.69) is 10.8 Å². The van der Waals surface area contributed by atoms with Crippen LogP contribution < -0.4 is 10.5 Å². The van der Waals surface area contributed by atoms with Gasteiger partial charge in [-0.05, 0) is 23.8 Å². The van der Waals surface area contributed by atoms with Crippen LogP contribution in [0.4, 0.5) is 0 Å². The Morgan fingerprint density at radius 2 is 2.37 bits per heavy atom. The van der Waals surface area contributed by atoms with E-state index in [0.717, 1.165) is 23.7 Å². The monoisotopic (exact) mass is 281 g/mol. The van der Waals surface area contributed by atoms with Gasteiger partial charge >= 0.3 is 5.97 Å². The average molecular weight is 281 g/mol. The smallest absolute Gasteiger partial charge is 0.322 e. The van der Waals surface area contributed by atoms with Gasteiger partial charge in [-0.15, -0.1) is 0 Å². The number of nitrogens with two attached hydrogens (primary N) is 1. The zero-order valence-electron chi connectivity index (χ0n) is 11.0. The third-order valence-electron chi connectivity index (χ3n) is 3.09. The molecule has 0 saturated carbocycles. The molecule has 1 aromatic rings. The van der Waals surface area contributed by atoms with Crippen molar-refractivity contribution < 1.29 is 14.3 Å². The van der Waals surface area contributed by atoms with Gasteiger partial charge in [0.05, 0.1) is 7.11 Å². The first kappa shape index (κ1) is 14.2. The van der Waals surface area contributed by atoms with Gasteiger partial charge in [0.15, 0.2) is 0 Å². The molecule has 1 aliphatic rings. The van der Waals surface area contributed by atoms with Gasteiger partial charge < -0.3 is 15.2 Å². The second-order valence-corrected chi connectivity index (χ2v) is 5.69. The lowest BCUT2D eigenvalue weighted by atomic mass is 10.1. The second-order valence-electron chi connectivity index (χ2n) is 4.54. The Labute approximate surface area is 117 Å². The van der Waals surface area contributed by atoms with Crippen molar-refractivity contribution >= 4 is 17.7 Å². The Morgan fingerprint density at radius 3 is 3.11 bits per heavy atom. The quantitative estimate of drug-likeness (QED) is 0.634. The number of ether oxygens (including phenoxy) is 2. The maximum Gasteiger partial charge on any atom is 0.322 e. The molecule has 0 bridgehead atoms. The molecule has 2 unspecified atom stereocenters. The molecule has 2 N–H and O–H groups in total. The van der Waals surface area contributed by atoms with E-state index >= 15 is 0 Å². The number of rotatable bonds is 6. The largest absolute Gasteiger partial charge is 0.489 e. The number of methoxy groups -OCH3 is 1. The highest BCUT2D eigenvalue weighted by Crippen LogP contribution is 2.29. The topological polar surface area (TPSA) is 61.5 Å². The van der Waals surface area contributed by atoms with E-state index in [1.807, 2.05) is 18.2 Å². The molecule has 0 aromatic heterocycles. The third-order valence-corrected chi connectivity index (χ3v) is 4.23. The van der Waals surface area contributed by atoms with E-state index in [0.29, 0.717) is 6.42 Å². The van der Waals surface area contributed by atoms with Crippen LogP contribution in [0.5, 0.6) is 5.75 Å². The van der Waals surface area contributed by atoms with Crippen molar-refractivity contribution in [3.05, 3.63) is 29.8 Å². The number of carbonyl (C=O) groups is 1. The van der Waals surface area contributed by atoms with Gasteiger partial charge in [0, 0.05) is 12.2 Å². The molecule has 5 heteroatoms. The van der Waals surface area contributed by atoms with Gasteiger partial charge in [0.2, 0.25) is 0 Å². The molecule has 0 fully saturated rings. The van der Waals surface area contributed by atoms with Crippen LogP contribution in [0.15, 0.2) is 24.3 Å². The van der Waals surface area contributed by atoms with E-state index in [1.54, 1.807) is 11.8 Å². The first-order chi connectivity index (χ1) is 9.20. The fourth-order valence-corrected chi connectivity index (χ4v) is 3.08. The molecule has 104 valence electrons. The fraction of sp³-hybridized carbons (Fsp3) is 0.500.